The summed E-state index contributed by atoms with van der Waals surface area (Å²) >= 11 is 1.60. The summed E-state index contributed by atoms with van der Waals surface area (Å²) in [5.41, 5.74) is 12.9. The third-order valence-electron chi connectivity index (χ3n) is 9.21. The second-order valence-electron chi connectivity index (χ2n) is 13.1. The van der Waals surface area contributed by atoms with Crippen molar-refractivity contribution in [3.63, 3.8) is 0 Å². The first kappa shape index (κ1) is 37.7. The third kappa shape index (κ3) is 10.5. The number of aliphatic hydroxyl groups excluding tert-OH is 1. The molecule has 53 heavy (non-hydrogen) atoms. The third-order valence-corrected chi connectivity index (χ3v) is 10.4. The number of nitrogens with one attached hydrogen (secondary N) is 2. The van der Waals surface area contributed by atoms with Gasteiger partial charge in [-0.1, -0.05) is 103 Å². The van der Waals surface area contributed by atoms with E-state index >= 15 is 0 Å². The minimum atomic E-state index is -0.572. The monoisotopic (exact) mass is 734 g/mol. The summed E-state index contributed by atoms with van der Waals surface area (Å²) < 4.78 is 15.0. The lowest BCUT2D eigenvalue weighted by Crippen LogP contribution is -2.31. The van der Waals surface area contributed by atoms with Crippen LogP contribution in [0.3, 0.4) is 0 Å². The minimum absolute atomic E-state index is 0.00802. The van der Waals surface area contributed by atoms with Gasteiger partial charge in [0.25, 0.3) is 0 Å². The summed E-state index contributed by atoms with van der Waals surface area (Å²) in [5.74, 6) is 0.593. The molecule has 1 aliphatic rings. The number of carbonyl (C=O) groups excluding carboxylic acids is 2. The Morgan fingerprint density at radius 3 is 2.34 bits per heavy atom. The Morgan fingerprint density at radius 2 is 1.60 bits per heavy atom. The van der Waals surface area contributed by atoms with Gasteiger partial charge in [0.05, 0.1) is 30.2 Å². The van der Waals surface area contributed by atoms with Gasteiger partial charge >= 0.3 is 0 Å². The average molecular weight is 735 g/mol. The van der Waals surface area contributed by atoms with Crippen LogP contribution in [0.5, 0.6) is 0 Å². The number of anilines is 2. The molecule has 1 aromatic heterocycles. The predicted molar refractivity (Wildman–Crippen MR) is 206 cm³/mol. The number of para-hydroxylation sites is 2. The fourth-order valence-corrected chi connectivity index (χ4v) is 7.13. The van der Waals surface area contributed by atoms with Gasteiger partial charge in [0.1, 0.15) is 6.33 Å². The summed E-state index contributed by atoms with van der Waals surface area (Å²) in [6.07, 6.45) is 4.47. The molecule has 0 aliphatic carbocycles. The Labute approximate surface area is 314 Å². The lowest BCUT2D eigenvalue weighted by molar-refractivity contribution is -0.245. The number of nitrogens with zero attached hydrogens (tertiary/aromatic N) is 3. The molecule has 3 atom stereocenters. The van der Waals surface area contributed by atoms with Gasteiger partial charge < -0.3 is 35.5 Å². The highest BCUT2D eigenvalue weighted by molar-refractivity contribution is 7.99. The largest absolute Gasteiger partial charge is 0.397 e. The maximum atomic E-state index is 12.7. The maximum Gasteiger partial charge on any atom is 0.224 e. The van der Waals surface area contributed by atoms with E-state index in [-0.39, 0.29) is 30.6 Å². The van der Waals surface area contributed by atoms with Crippen molar-refractivity contribution >= 4 is 35.0 Å². The van der Waals surface area contributed by atoms with Gasteiger partial charge in [0.2, 0.25) is 11.8 Å². The Bertz CT molecular complexity index is 1950. The first-order valence-electron chi connectivity index (χ1n) is 17.9. The molecule has 276 valence electrons. The van der Waals surface area contributed by atoms with Gasteiger partial charge in [-0.25, -0.2) is 0 Å². The van der Waals surface area contributed by atoms with Gasteiger partial charge in [0.15, 0.2) is 11.4 Å². The number of nitrogen functional groups attached to an aromatic ring is 1. The molecule has 4 aromatic carbocycles. The Balaban J connectivity index is 1.02. The summed E-state index contributed by atoms with van der Waals surface area (Å²) in [7, 11) is 1.92. The van der Waals surface area contributed by atoms with Crippen molar-refractivity contribution in [3.8, 4) is 11.1 Å². The van der Waals surface area contributed by atoms with Crippen molar-refractivity contribution in [3.05, 3.63) is 126 Å². The quantitative estimate of drug-likeness (QED) is 0.0472. The van der Waals surface area contributed by atoms with E-state index in [1.807, 2.05) is 78.3 Å². The van der Waals surface area contributed by atoms with Crippen LogP contribution in [0.2, 0.25) is 0 Å². The van der Waals surface area contributed by atoms with E-state index < -0.39 is 6.29 Å². The molecule has 1 aliphatic heterocycles. The number of aromatic nitrogens is 3. The number of benzene rings is 4. The number of ether oxygens (including phenoxy) is 2. The average Bonchev–Trinajstić information content (AvgIpc) is 3.61. The summed E-state index contributed by atoms with van der Waals surface area (Å²) in [5, 5.41) is 24.5. The molecule has 2 amide bonds. The zero-order chi connectivity index (χ0) is 37.0. The number of hydrogen-bond donors (Lipinski definition) is 4. The standard InChI is InChI=1S/C41H46N6O5S/c1-47-27-44-46-41(47)53-26-33-23-37(30-17-15-28(25-48)16-18-30)52-40(51-33)31-21-19-29(20-22-31)34-10-6-5-9-32(34)24-43-38(49)13-3-2-4-14-39(50)45-36-12-8-7-11-35(36)42/h5-12,15-22,27,33,37,40,48H,2-4,13-14,23-26,42H2,1H3,(H,43,49)(H,45,50). The first-order valence-corrected chi connectivity index (χ1v) is 18.9. The maximum absolute atomic E-state index is 12.7. The normalized spacial score (nSPS) is 17.0. The van der Waals surface area contributed by atoms with E-state index in [0.29, 0.717) is 55.8 Å². The van der Waals surface area contributed by atoms with E-state index in [1.54, 1.807) is 30.2 Å². The smallest absolute Gasteiger partial charge is 0.224 e. The van der Waals surface area contributed by atoms with Crippen LogP contribution >= 0.6 is 11.8 Å². The van der Waals surface area contributed by atoms with Crippen LogP contribution in [0.1, 0.15) is 73.2 Å². The molecule has 0 bridgehead atoms. The van der Waals surface area contributed by atoms with Crippen LogP contribution < -0.4 is 16.4 Å². The number of amides is 2. The van der Waals surface area contributed by atoms with E-state index in [4.69, 9.17) is 15.2 Å². The van der Waals surface area contributed by atoms with Crippen molar-refractivity contribution in [2.75, 3.05) is 16.8 Å². The van der Waals surface area contributed by atoms with Crippen LogP contribution in [0, 0.1) is 0 Å². The highest BCUT2D eigenvalue weighted by Gasteiger charge is 2.32. The van der Waals surface area contributed by atoms with Gasteiger partial charge in [-0.05, 0) is 52.8 Å². The molecule has 3 unspecified atom stereocenters. The van der Waals surface area contributed by atoms with Crippen LogP contribution in [0.15, 0.2) is 109 Å². The molecule has 0 saturated carbocycles. The number of rotatable bonds is 16. The highest BCUT2D eigenvalue weighted by atomic mass is 32.2. The number of carbonyl (C=O) groups is 2. The first-order chi connectivity index (χ1) is 25.9. The van der Waals surface area contributed by atoms with Gasteiger partial charge in [-0.15, -0.1) is 10.2 Å². The number of nitrogens with two attached hydrogens (primary N) is 1. The molecular weight excluding hydrogens is 689 g/mol. The number of aryl methyl sites for hydroxylation is 1. The highest BCUT2D eigenvalue weighted by Crippen LogP contribution is 2.40. The van der Waals surface area contributed by atoms with E-state index in [1.165, 1.54) is 0 Å². The van der Waals surface area contributed by atoms with Crippen LogP contribution in [0.25, 0.3) is 11.1 Å². The Kier molecular flexibility index (Phi) is 13.3. The van der Waals surface area contributed by atoms with Crippen LogP contribution in [-0.4, -0.2) is 43.5 Å². The number of aliphatic hydroxyl groups is 1. The van der Waals surface area contributed by atoms with E-state index in [2.05, 4.69) is 39.0 Å². The molecule has 0 radical (unpaired) electrons. The molecule has 5 aromatic rings. The van der Waals surface area contributed by atoms with Crippen molar-refractivity contribution in [2.24, 2.45) is 7.05 Å². The van der Waals surface area contributed by atoms with Crippen molar-refractivity contribution in [1.29, 1.82) is 0 Å². The lowest BCUT2D eigenvalue weighted by Gasteiger charge is -2.36. The second kappa shape index (κ2) is 18.7. The van der Waals surface area contributed by atoms with Crippen LogP contribution in [-0.2, 0) is 39.3 Å². The van der Waals surface area contributed by atoms with Crippen molar-refractivity contribution < 1.29 is 24.2 Å². The molecule has 11 nitrogen and oxygen atoms in total. The number of unbranched alkanes of at least 4 members (excludes halogenated alkanes) is 2. The summed E-state index contributed by atoms with van der Waals surface area (Å²) in [6, 6.07) is 31.3. The van der Waals surface area contributed by atoms with E-state index in [0.717, 1.165) is 45.0 Å². The fourth-order valence-electron chi connectivity index (χ4n) is 6.22. The van der Waals surface area contributed by atoms with Gasteiger partial charge in [0, 0.05) is 44.2 Å². The summed E-state index contributed by atoms with van der Waals surface area (Å²) in [4.78, 5) is 25.0. The van der Waals surface area contributed by atoms with Crippen LogP contribution in [0.4, 0.5) is 11.4 Å². The molecule has 1 fully saturated rings. The Hall–Kier alpha value is -5.01. The number of hydrogen-bond acceptors (Lipinski definition) is 9. The van der Waals surface area contributed by atoms with Gasteiger partial charge in [-0.3, -0.25) is 9.59 Å². The molecule has 12 heteroatoms. The predicted octanol–water partition coefficient (Wildman–Crippen LogP) is 7.10. The molecule has 5 N–H and O–H groups in total. The lowest BCUT2D eigenvalue weighted by atomic mass is 9.97. The SMILES string of the molecule is Cn1cnnc1SCC1CC(c2ccc(CO)cc2)OC(c2ccc(-c3ccccc3CNC(=O)CCCCCC(=O)Nc3ccccc3N)cc2)O1. The molecular formula is C41H46N6O5S. The summed E-state index contributed by atoms with van der Waals surface area (Å²) in [6.45, 7) is 0.403. The molecule has 2 heterocycles. The number of thioether (sulfide) groups is 1. The zero-order valence-corrected chi connectivity index (χ0v) is 30.6. The zero-order valence-electron chi connectivity index (χ0n) is 29.8. The van der Waals surface area contributed by atoms with E-state index in [9.17, 15) is 14.7 Å². The molecule has 1 saturated heterocycles. The minimum Gasteiger partial charge on any atom is -0.397 e. The van der Waals surface area contributed by atoms with Gasteiger partial charge in [-0.2, -0.15) is 0 Å². The molecule has 0 spiro atoms. The molecule has 6 rings (SSSR count). The fraction of sp³-hybridized carbons (Fsp3) is 0.317. The van der Waals surface area contributed by atoms with Crippen molar-refractivity contribution in [1.82, 2.24) is 20.1 Å². The van der Waals surface area contributed by atoms with Crippen molar-refractivity contribution in [2.45, 2.75) is 75.3 Å². The second-order valence-corrected chi connectivity index (χ2v) is 14.1. The topological polar surface area (TPSA) is 154 Å². The Morgan fingerprint density at radius 1 is 0.887 bits per heavy atom.